The summed E-state index contributed by atoms with van der Waals surface area (Å²) in [6.45, 7) is 1.79. The monoisotopic (exact) mass is 375 g/mol. The Morgan fingerprint density at radius 2 is 1.74 bits per heavy atom. The molecule has 142 valence electrons. The van der Waals surface area contributed by atoms with E-state index < -0.39 is 17.3 Å². The molecule has 0 saturated carbocycles. The number of piperidine rings is 1. The Hall–Kier alpha value is -2.31. The van der Waals surface area contributed by atoms with Gasteiger partial charge in [0.05, 0.1) is 17.7 Å². The number of likely N-dealkylation sites (tertiary alicyclic amines) is 1. The first-order chi connectivity index (χ1) is 12.8. The van der Waals surface area contributed by atoms with E-state index in [-0.39, 0.29) is 0 Å². The maximum Gasteiger partial charge on any atom is 0.416 e. The third-order valence-corrected chi connectivity index (χ3v) is 5.27. The van der Waals surface area contributed by atoms with Gasteiger partial charge in [-0.3, -0.25) is 4.90 Å². The second kappa shape index (κ2) is 6.69. The first-order valence-electron chi connectivity index (χ1n) is 8.93. The summed E-state index contributed by atoms with van der Waals surface area (Å²) in [5.41, 5.74) is -0.783. The van der Waals surface area contributed by atoms with Crippen molar-refractivity contribution in [2.75, 3.05) is 13.1 Å². The van der Waals surface area contributed by atoms with Crippen LogP contribution in [-0.4, -0.2) is 23.1 Å². The Balaban J connectivity index is 1.45. The summed E-state index contributed by atoms with van der Waals surface area (Å²) in [5.74, 6) is 0.848. The highest BCUT2D eigenvalue weighted by Gasteiger charge is 2.37. The zero-order chi connectivity index (χ0) is 19.1. The third-order valence-electron chi connectivity index (χ3n) is 5.27. The molecule has 0 amide bonds. The van der Waals surface area contributed by atoms with E-state index in [1.54, 1.807) is 6.07 Å². The lowest BCUT2D eigenvalue weighted by molar-refractivity contribution is -0.137. The Bertz CT molecular complexity index is 907. The first kappa shape index (κ1) is 18.1. The van der Waals surface area contributed by atoms with Crippen LogP contribution in [0.4, 0.5) is 13.2 Å². The summed E-state index contributed by atoms with van der Waals surface area (Å²) in [5, 5.41) is 12.0. The van der Waals surface area contributed by atoms with Gasteiger partial charge in [-0.1, -0.05) is 30.3 Å². The number of rotatable bonds is 3. The van der Waals surface area contributed by atoms with Gasteiger partial charge in [0.25, 0.3) is 0 Å². The topological polar surface area (TPSA) is 36.6 Å². The largest absolute Gasteiger partial charge is 0.460 e. The fourth-order valence-corrected chi connectivity index (χ4v) is 3.69. The summed E-state index contributed by atoms with van der Waals surface area (Å²) in [7, 11) is 0. The highest BCUT2D eigenvalue weighted by Crippen LogP contribution is 2.37. The van der Waals surface area contributed by atoms with E-state index in [0.29, 0.717) is 38.0 Å². The molecular formula is C21H20F3NO2. The van der Waals surface area contributed by atoms with Gasteiger partial charge in [0.15, 0.2) is 0 Å². The zero-order valence-electron chi connectivity index (χ0n) is 14.7. The maximum absolute atomic E-state index is 13.0. The van der Waals surface area contributed by atoms with Crippen LogP contribution in [0.15, 0.2) is 59.0 Å². The Labute approximate surface area is 155 Å². The third kappa shape index (κ3) is 3.73. The van der Waals surface area contributed by atoms with E-state index in [0.717, 1.165) is 28.9 Å². The van der Waals surface area contributed by atoms with E-state index in [1.165, 1.54) is 6.07 Å². The van der Waals surface area contributed by atoms with E-state index in [4.69, 9.17) is 4.42 Å². The van der Waals surface area contributed by atoms with Gasteiger partial charge in [-0.25, -0.2) is 0 Å². The van der Waals surface area contributed by atoms with Crippen LogP contribution < -0.4 is 0 Å². The van der Waals surface area contributed by atoms with Gasteiger partial charge < -0.3 is 9.52 Å². The summed E-state index contributed by atoms with van der Waals surface area (Å²) in [6, 6.07) is 14.8. The molecule has 0 aliphatic carbocycles. The molecule has 0 spiro atoms. The molecule has 1 saturated heterocycles. The summed E-state index contributed by atoms with van der Waals surface area (Å²) in [4.78, 5) is 2.15. The number of para-hydroxylation sites is 1. The number of fused-ring (bicyclic) bond motifs is 1. The van der Waals surface area contributed by atoms with Crippen molar-refractivity contribution in [2.24, 2.45) is 0 Å². The van der Waals surface area contributed by atoms with Crippen molar-refractivity contribution >= 4 is 11.0 Å². The number of hydrogen-bond acceptors (Lipinski definition) is 3. The molecule has 1 aliphatic heterocycles. The van der Waals surface area contributed by atoms with Crippen molar-refractivity contribution < 1.29 is 22.7 Å². The fraction of sp³-hybridized carbons (Fsp3) is 0.333. The minimum absolute atomic E-state index is 0.334. The van der Waals surface area contributed by atoms with Gasteiger partial charge in [-0.15, -0.1) is 0 Å². The molecule has 1 aromatic heterocycles. The predicted octanol–water partition coefficient (Wildman–Crippen LogP) is 4.94. The average Bonchev–Trinajstić information content (AvgIpc) is 3.05. The highest BCUT2D eigenvalue weighted by atomic mass is 19.4. The molecule has 4 rings (SSSR count). The predicted molar refractivity (Wildman–Crippen MR) is 96.1 cm³/mol. The van der Waals surface area contributed by atoms with Gasteiger partial charge in [0.1, 0.15) is 11.3 Å². The number of furan rings is 1. The molecule has 6 heteroatoms. The SMILES string of the molecule is OC1(c2cccc(C(F)(F)F)c2)CCN(Cc2cc3ccccc3o2)CC1. The number of halogens is 3. The average molecular weight is 375 g/mol. The van der Waals surface area contributed by atoms with Crippen LogP contribution in [-0.2, 0) is 18.3 Å². The second-order valence-electron chi connectivity index (χ2n) is 7.14. The standard InChI is InChI=1S/C21H20F3NO2/c22-21(23,24)17-6-3-5-16(13-17)20(26)8-10-25(11-9-20)14-18-12-15-4-1-2-7-19(15)27-18/h1-7,12-13,26H,8-11,14H2. The molecule has 3 nitrogen and oxygen atoms in total. The van der Waals surface area contributed by atoms with Gasteiger partial charge in [0, 0.05) is 18.5 Å². The number of aliphatic hydroxyl groups is 1. The van der Waals surface area contributed by atoms with E-state index in [9.17, 15) is 18.3 Å². The highest BCUT2D eigenvalue weighted by molar-refractivity contribution is 5.77. The Morgan fingerprint density at radius 1 is 1.00 bits per heavy atom. The molecular weight excluding hydrogens is 355 g/mol. The zero-order valence-corrected chi connectivity index (χ0v) is 14.7. The van der Waals surface area contributed by atoms with Crippen LogP contribution in [0.3, 0.4) is 0 Å². The lowest BCUT2D eigenvalue weighted by Gasteiger charge is -2.38. The van der Waals surface area contributed by atoms with Crippen molar-refractivity contribution in [3.63, 3.8) is 0 Å². The van der Waals surface area contributed by atoms with Gasteiger partial charge in [-0.05, 0) is 42.7 Å². The van der Waals surface area contributed by atoms with Gasteiger partial charge >= 0.3 is 6.18 Å². The normalized spacial score (nSPS) is 18.1. The molecule has 2 heterocycles. The Kier molecular flexibility index (Phi) is 4.48. The van der Waals surface area contributed by atoms with Crippen LogP contribution in [0.2, 0.25) is 0 Å². The van der Waals surface area contributed by atoms with Crippen LogP contribution in [0.25, 0.3) is 11.0 Å². The summed E-state index contributed by atoms with van der Waals surface area (Å²) < 4.78 is 44.7. The minimum atomic E-state index is -4.41. The number of benzene rings is 2. The fourth-order valence-electron chi connectivity index (χ4n) is 3.69. The quantitative estimate of drug-likeness (QED) is 0.705. The van der Waals surface area contributed by atoms with Crippen LogP contribution >= 0.6 is 0 Å². The number of hydrogen-bond donors (Lipinski definition) is 1. The van der Waals surface area contributed by atoms with Crippen molar-refractivity contribution in [1.82, 2.24) is 4.90 Å². The van der Waals surface area contributed by atoms with Crippen molar-refractivity contribution in [2.45, 2.75) is 31.2 Å². The van der Waals surface area contributed by atoms with Crippen LogP contribution in [0.5, 0.6) is 0 Å². The molecule has 2 aromatic carbocycles. The lowest BCUT2D eigenvalue weighted by Crippen LogP contribution is -2.42. The number of alkyl halides is 3. The van der Waals surface area contributed by atoms with Crippen LogP contribution in [0, 0.1) is 0 Å². The van der Waals surface area contributed by atoms with Gasteiger partial charge in [-0.2, -0.15) is 13.2 Å². The summed E-state index contributed by atoms with van der Waals surface area (Å²) in [6.07, 6.45) is -3.64. The van der Waals surface area contributed by atoms with Crippen molar-refractivity contribution in [1.29, 1.82) is 0 Å². The molecule has 3 aromatic rings. The molecule has 1 fully saturated rings. The van der Waals surface area contributed by atoms with E-state index in [1.807, 2.05) is 30.3 Å². The van der Waals surface area contributed by atoms with Crippen molar-refractivity contribution in [3.8, 4) is 0 Å². The van der Waals surface area contributed by atoms with Gasteiger partial charge in [0.2, 0.25) is 0 Å². The molecule has 1 N–H and O–H groups in total. The molecule has 0 radical (unpaired) electrons. The minimum Gasteiger partial charge on any atom is -0.460 e. The molecule has 0 bridgehead atoms. The summed E-state index contributed by atoms with van der Waals surface area (Å²) >= 11 is 0. The second-order valence-corrected chi connectivity index (χ2v) is 7.14. The van der Waals surface area contributed by atoms with E-state index >= 15 is 0 Å². The molecule has 27 heavy (non-hydrogen) atoms. The Morgan fingerprint density at radius 3 is 2.44 bits per heavy atom. The molecule has 1 aliphatic rings. The molecule has 0 unspecified atom stereocenters. The van der Waals surface area contributed by atoms with Crippen molar-refractivity contribution in [3.05, 3.63) is 71.5 Å². The van der Waals surface area contributed by atoms with Crippen LogP contribution in [0.1, 0.15) is 29.7 Å². The first-order valence-corrected chi connectivity index (χ1v) is 8.93. The van der Waals surface area contributed by atoms with E-state index in [2.05, 4.69) is 4.90 Å². The lowest BCUT2D eigenvalue weighted by atomic mass is 9.83. The smallest absolute Gasteiger partial charge is 0.416 e. The molecule has 0 atom stereocenters. The number of nitrogens with zero attached hydrogens (tertiary/aromatic N) is 1. The maximum atomic E-state index is 13.0.